The fourth-order valence-electron chi connectivity index (χ4n) is 3.20. The van der Waals surface area contributed by atoms with Crippen molar-refractivity contribution in [3.8, 4) is 11.5 Å². The molecule has 0 aliphatic carbocycles. The molecule has 0 spiro atoms. The number of thioether (sulfide) groups is 1. The summed E-state index contributed by atoms with van der Waals surface area (Å²) >= 11 is 1.15. The maximum Gasteiger partial charge on any atom is 0.330 e. The Balaban J connectivity index is 1.60. The highest BCUT2D eigenvalue weighted by Gasteiger charge is 2.03. The molecule has 0 aliphatic heterocycles. The monoisotopic (exact) mass is 552 g/mol. The maximum atomic E-state index is 12.4. The molecule has 0 aliphatic rings. The number of esters is 2. The van der Waals surface area contributed by atoms with E-state index in [1.54, 1.807) is 12.2 Å². The predicted molar refractivity (Wildman–Crippen MR) is 154 cm³/mol. The summed E-state index contributed by atoms with van der Waals surface area (Å²) in [6.07, 6.45) is 10.8. The maximum absolute atomic E-state index is 12.4. The Morgan fingerprint density at radius 2 is 1.10 bits per heavy atom. The lowest BCUT2D eigenvalue weighted by Crippen LogP contribution is -2.04. The van der Waals surface area contributed by atoms with Crippen LogP contribution in [0, 0.1) is 0 Å². The number of ether oxygens (including phenoxy) is 4. The molecule has 0 fully saturated rings. The minimum Gasteiger partial charge on any atom is -0.494 e. The molecule has 2 aromatic rings. The standard InChI is InChI=1S/C31H36O7S/c1-3-29(32)37-23-8-6-5-7-21-35-27-16-18-28(19-17-27)39-31(34)20-13-25-11-14-26(15-12-25)36-22-9-10-24-38-30(33)4-2/h3-4,11-20H,1-2,5-10,21-24H2/b20-13+. The molecule has 0 unspecified atom stereocenters. The normalized spacial score (nSPS) is 10.6. The summed E-state index contributed by atoms with van der Waals surface area (Å²) in [5.41, 5.74) is 0.897. The van der Waals surface area contributed by atoms with Crippen LogP contribution in [-0.2, 0) is 23.9 Å². The van der Waals surface area contributed by atoms with Gasteiger partial charge in [-0.05, 0) is 98.3 Å². The van der Waals surface area contributed by atoms with E-state index in [1.165, 1.54) is 6.08 Å². The second kappa shape index (κ2) is 19.3. The zero-order valence-electron chi connectivity index (χ0n) is 22.2. The number of hydrogen-bond acceptors (Lipinski definition) is 8. The van der Waals surface area contributed by atoms with Gasteiger partial charge in [0.1, 0.15) is 11.5 Å². The van der Waals surface area contributed by atoms with E-state index in [9.17, 15) is 14.4 Å². The van der Waals surface area contributed by atoms with Gasteiger partial charge in [0.25, 0.3) is 0 Å². The van der Waals surface area contributed by atoms with E-state index >= 15 is 0 Å². The molecule has 8 heteroatoms. The second-order valence-electron chi connectivity index (χ2n) is 8.36. The number of unbranched alkanes of at least 4 members (excludes halogenated alkanes) is 4. The van der Waals surface area contributed by atoms with Gasteiger partial charge in [0.05, 0.1) is 26.4 Å². The Bertz CT molecular complexity index is 1080. The lowest BCUT2D eigenvalue weighted by molar-refractivity contribution is -0.138. The molecule has 2 rings (SSSR count). The summed E-state index contributed by atoms with van der Waals surface area (Å²) in [6.45, 7) is 8.61. The Kier molecular flexibility index (Phi) is 15.6. The summed E-state index contributed by atoms with van der Waals surface area (Å²) in [5, 5.41) is -0.0695. The zero-order valence-corrected chi connectivity index (χ0v) is 23.0. The molecule has 2 aromatic carbocycles. The quantitative estimate of drug-likeness (QED) is 0.0836. The van der Waals surface area contributed by atoms with Crippen LogP contribution >= 0.6 is 11.8 Å². The summed E-state index contributed by atoms with van der Waals surface area (Å²) in [6, 6.07) is 15.0. The van der Waals surface area contributed by atoms with E-state index in [0.717, 1.165) is 78.3 Å². The van der Waals surface area contributed by atoms with Gasteiger partial charge in [0.2, 0.25) is 5.12 Å². The topological polar surface area (TPSA) is 88.1 Å². The Morgan fingerprint density at radius 3 is 1.64 bits per heavy atom. The second-order valence-corrected chi connectivity index (χ2v) is 9.43. The molecule has 0 atom stereocenters. The Labute approximate surface area is 234 Å². The summed E-state index contributed by atoms with van der Waals surface area (Å²) < 4.78 is 21.3. The molecule has 0 heterocycles. The average Bonchev–Trinajstić information content (AvgIpc) is 2.96. The van der Waals surface area contributed by atoms with Gasteiger partial charge >= 0.3 is 11.9 Å². The van der Waals surface area contributed by atoms with Crippen LogP contribution in [0.15, 0.2) is 84.8 Å². The van der Waals surface area contributed by atoms with Crippen LogP contribution in [-0.4, -0.2) is 43.5 Å². The van der Waals surface area contributed by atoms with Crippen LogP contribution in [0.3, 0.4) is 0 Å². The number of benzene rings is 2. The molecule has 0 radical (unpaired) electrons. The molecule has 0 saturated carbocycles. The van der Waals surface area contributed by atoms with Crippen LogP contribution < -0.4 is 9.47 Å². The highest BCUT2D eigenvalue weighted by molar-refractivity contribution is 8.14. The van der Waals surface area contributed by atoms with Gasteiger partial charge in [-0.3, -0.25) is 4.79 Å². The lowest BCUT2D eigenvalue weighted by Gasteiger charge is -2.07. The fraction of sp³-hybridized carbons (Fsp3) is 0.323. The number of hydrogen-bond donors (Lipinski definition) is 0. The molecular weight excluding hydrogens is 516 g/mol. The molecule has 7 nitrogen and oxygen atoms in total. The average molecular weight is 553 g/mol. The van der Waals surface area contributed by atoms with E-state index in [2.05, 4.69) is 13.2 Å². The van der Waals surface area contributed by atoms with Crippen LogP contribution in [0.5, 0.6) is 11.5 Å². The molecule has 0 amide bonds. The van der Waals surface area contributed by atoms with E-state index in [-0.39, 0.29) is 11.1 Å². The summed E-state index contributed by atoms with van der Waals surface area (Å²) in [5.74, 6) is 0.706. The number of rotatable bonds is 19. The van der Waals surface area contributed by atoms with Crippen molar-refractivity contribution < 1.29 is 33.3 Å². The first-order valence-corrected chi connectivity index (χ1v) is 13.8. The minimum absolute atomic E-state index is 0.0695. The van der Waals surface area contributed by atoms with Crippen LogP contribution in [0.25, 0.3) is 6.08 Å². The van der Waals surface area contributed by atoms with Crippen molar-refractivity contribution in [2.45, 2.75) is 43.4 Å². The molecule has 0 N–H and O–H groups in total. The SMILES string of the molecule is C=CC(=O)OCCCCCCOc1ccc(SC(=O)/C=C/c2ccc(OCCCCOC(=O)C=C)cc2)cc1. The van der Waals surface area contributed by atoms with E-state index < -0.39 is 5.97 Å². The smallest absolute Gasteiger partial charge is 0.330 e. The van der Waals surface area contributed by atoms with Crippen molar-refractivity contribution in [1.29, 1.82) is 0 Å². The van der Waals surface area contributed by atoms with Gasteiger partial charge in [0, 0.05) is 17.0 Å². The highest BCUT2D eigenvalue weighted by Crippen LogP contribution is 2.23. The van der Waals surface area contributed by atoms with Crippen molar-refractivity contribution in [2.24, 2.45) is 0 Å². The van der Waals surface area contributed by atoms with Crippen LogP contribution in [0.1, 0.15) is 44.1 Å². The third-order valence-corrected chi connectivity index (χ3v) is 6.12. The lowest BCUT2D eigenvalue weighted by atomic mass is 10.2. The van der Waals surface area contributed by atoms with Gasteiger partial charge in [-0.25, -0.2) is 9.59 Å². The van der Waals surface area contributed by atoms with Crippen LogP contribution in [0.4, 0.5) is 0 Å². The van der Waals surface area contributed by atoms with Gasteiger partial charge in [0.15, 0.2) is 0 Å². The molecule has 0 aromatic heterocycles. The fourth-order valence-corrected chi connectivity index (χ4v) is 3.84. The minimum atomic E-state index is -0.415. The van der Waals surface area contributed by atoms with Crippen molar-refractivity contribution >= 4 is 34.9 Å². The van der Waals surface area contributed by atoms with E-state index in [1.807, 2.05) is 48.5 Å². The van der Waals surface area contributed by atoms with Gasteiger partial charge in [-0.15, -0.1) is 0 Å². The molecule has 208 valence electrons. The molecule has 0 bridgehead atoms. The number of carbonyl (C=O) groups is 3. The first-order chi connectivity index (χ1) is 19.0. The molecule has 39 heavy (non-hydrogen) atoms. The summed E-state index contributed by atoms with van der Waals surface area (Å²) in [4.78, 5) is 35.1. The third-order valence-electron chi connectivity index (χ3n) is 5.27. The van der Waals surface area contributed by atoms with Gasteiger partial charge < -0.3 is 18.9 Å². The molecule has 0 saturated heterocycles. The number of carbonyl (C=O) groups excluding carboxylic acids is 3. The largest absolute Gasteiger partial charge is 0.494 e. The first-order valence-electron chi connectivity index (χ1n) is 12.9. The highest BCUT2D eigenvalue weighted by atomic mass is 32.2. The summed E-state index contributed by atoms with van der Waals surface area (Å²) in [7, 11) is 0. The van der Waals surface area contributed by atoms with Crippen LogP contribution in [0.2, 0.25) is 0 Å². The first kappa shape index (κ1) is 31.4. The molecular formula is C31H36O7S. The Hall–Kier alpha value is -3.78. The Morgan fingerprint density at radius 1 is 0.641 bits per heavy atom. The van der Waals surface area contributed by atoms with E-state index in [0.29, 0.717) is 26.4 Å². The zero-order chi connectivity index (χ0) is 28.1. The van der Waals surface area contributed by atoms with Crippen molar-refractivity contribution in [3.05, 3.63) is 85.5 Å². The predicted octanol–water partition coefficient (Wildman–Crippen LogP) is 6.58. The van der Waals surface area contributed by atoms with Gasteiger partial charge in [-0.1, -0.05) is 31.4 Å². The van der Waals surface area contributed by atoms with Crippen molar-refractivity contribution in [2.75, 3.05) is 26.4 Å². The third kappa shape index (κ3) is 14.7. The van der Waals surface area contributed by atoms with E-state index in [4.69, 9.17) is 18.9 Å². The van der Waals surface area contributed by atoms with Crippen molar-refractivity contribution in [3.63, 3.8) is 0 Å². The van der Waals surface area contributed by atoms with Gasteiger partial charge in [-0.2, -0.15) is 0 Å². The van der Waals surface area contributed by atoms with Crippen molar-refractivity contribution in [1.82, 2.24) is 0 Å².